The smallest absolute Gasteiger partial charge is 0.318 e. The fourth-order valence-electron chi connectivity index (χ4n) is 2.43. The molecule has 2 aliphatic rings. The van der Waals surface area contributed by atoms with Gasteiger partial charge in [-0.2, -0.15) is 0 Å². The van der Waals surface area contributed by atoms with E-state index in [1.165, 1.54) is 0 Å². The number of aliphatic carboxylic acids is 1. The van der Waals surface area contributed by atoms with E-state index in [-0.39, 0.29) is 37.2 Å². The van der Waals surface area contributed by atoms with Crippen LogP contribution < -0.4 is 5.32 Å². The van der Waals surface area contributed by atoms with Crippen molar-refractivity contribution < 1.29 is 24.2 Å². The van der Waals surface area contributed by atoms with Crippen molar-refractivity contribution >= 4 is 12.0 Å². The van der Waals surface area contributed by atoms with Gasteiger partial charge in [0.1, 0.15) is 0 Å². The first-order valence-corrected chi connectivity index (χ1v) is 6.49. The normalized spacial score (nSPS) is 30.6. The van der Waals surface area contributed by atoms with Gasteiger partial charge in [0.15, 0.2) is 0 Å². The monoisotopic (exact) mass is 272 g/mol. The lowest BCUT2D eigenvalue weighted by atomic mass is 9.89. The largest absolute Gasteiger partial charge is 0.481 e. The third-order valence-electron chi connectivity index (χ3n) is 3.65. The van der Waals surface area contributed by atoms with Crippen LogP contribution in [-0.2, 0) is 14.3 Å². The molecule has 1 heterocycles. The summed E-state index contributed by atoms with van der Waals surface area (Å²) in [6, 6.07) is -0.454. The summed E-state index contributed by atoms with van der Waals surface area (Å²) in [6.07, 6.45) is 1.77. The first kappa shape index (κ1) is 14.1. The molecule has 108 valence electrons. The summed E-state index contributed by atoms with van der Waals surface area (Å²) >= 11 is 0. The van der Waals surface area contributed by atoms with E-state index in [1.807, 2.05) is 0 Å². The number of methoxy groups -OCH3 is 1. The Morgan fingerprint density at radius 1 is 1.47 bits per heavy atom. The minimum absolute atomic E-state index is 0.0845. The number of carbonyl (C=O) groups is 2. The molecule has 2 rings (SSSR count). The number of urea groups is 1. The van der Waals surface area contributed by atoms with Gasteiger partial charge < -0.3 is 24.8 Å². The maximum atomic E-state index is 12.1. The zero-order valence-corrected chi connectivity index (χ0v) is 11.0. The number of nitrogens with one attached hydrogen (secondary N) is 1. The highest BCUT2D eigenvalue weighted by Gasteiger charge is 2.34. The van der Waals surface area contributed by atoms with Crippen LogP contribution in [0.2, 0.25) is 0 Å². The van der Waals surface area contributed by atoms with Gasteiger partial charge >= 0.3 is 12.0 Å². The third-order valence-corrected chi connectivity index (χ3v) is 3.65. The van der Waals surface area contributed by atoms with Crippen molar-refractivity contribution in [1.82, 2.24) is 10.2 Å². The van der Waals surface area contributed by atoms with Gasteiger partial charge in [0.2, 0.25) is 0 Å². The molecule has 2 fully saturated rings. The number of hydrogen-bond acceptors (Lipinski definition) is 4. The molecule has 0 aromatic carbocycles. The lowest BCUT2D eigenvalue weighted by Gasteiger charge is -2.39. The van der Waals surface area contributed by atoms with Gasteiger partial charge in [-0.1, -0.05) is 0 Å². The van der Waals surface area contributed by atoms with E-state index < -0.39 is 5.97 Å². The van der Waals surface area contributed by atoms with Crippen molar-refractivity contribution in [1.29, 1.82) is 0 Å². The zero-order chi connectivity index (χ0) is 13.8. The summed E-state index contributed by atoms with van der Waals surface area (Å²) in [5.41, 5.74) is 0. The van der Waals surface area contributed by atoms with Crippen LogP contribution in [0.3, 0.4) is 0 Å². The van der Waals surface area contributed by atoms with E-state index in [0.717, 1.165) is 12.8 Å². The van der Waals surface area contributed by atoms with Crippen LogP contribution >= 0.6 is 0 Å². The highest BCUT2D eigenvalue weighted by Crippen LogP contribution is 2.23. The molecule has 1 aliphatic carbocycles. The molecule has 1 atom stereocenters. The number of rotatable bonds is 4. The minimum atomic E-state index is -0.920. The Morgan fingerprint density at radius 3 is 2.84 bits per heavy atom. The number of amides is 2. The molecule has 7 heteroatoms. The number of morpholine rings is 1. The number of nitrogens with zero attached hydrogens (tertiary/aromatic N) is 1. The molecule has 0 aromatic heterocycles. The van der Waals surface area contributed by atoms with Crippen LogP contribution in [0.1, 0.15) is 19.3 Å². The fourth-order valence-corrected chi connectivity index (χ4v) is 2.43. The van der Waals surface area contributed by atoms with Gasteiger partial charge in [0.05, 0.1) is 31.8 Å². The number of carboxylic acid groups (broad SMARTS) is 1. The van der Waals surface area contributed by atoms with Crippen molar-refractivity contribution in [3.63, 3.8) is 0 Å². The summed E-state index contributed by atoms with van der Waals surface area (Å²) in [4.78, 5) is 24.5. The second-order valence-electron chi connectivity index (χ2n) is 5.00. The van der Waals surface area contributed by atoms with Crippen molar-refractivity contribution in [2.24, 2.45) is 0 Å². The summed E-state index contributed by atoms with van der Waals surface area (Å²) in [7, 11) is 1.66. The molecule has 2 N–H and O–H groups in total. The summed E-state index contributed by atoms with van der Waals surface area (Å²) < 4.78 is 10.4. The van der Waals surface area contributed by atoms with E-state index in [4.69, 9.17) is 14.6 Å². The molecular formula is C12H20N2O5. The Bertz CT molecular complexity index is 343. The van der Waals surface area contributed by atoms with Crippen LogP contribution in [0.5, 0.6) is 0 Å². The Morgan fingerprint density at radius 2 is 2.21 bits per heavy atom. The molecule has 0 radical (unpaired) electrons. The average molecular weight is 272 g/mol. The van der Waals surface area contributed by atoms with E-state index in [2.05, 4.69) is 5.32 Å². The zero-order valence-electron chi connectivity index (χ0n) is 11.0. The minimum Gasteiger partial charge on any atom is -0.481 e. The SMILES string of the molecule is COC1CC(NC(=O)N2CCOCC2CC(=O)O)C1. The predicted molar refractivity (Wildman–Crippen MR) is 65.9 cm³/mol. The Kier molecular flexibility index (Phi) is 4.60. The van der Waals surface area contributed by atoms with E-state index in [1.54, 1.807) is 12.0 Å². The molecule has 0 aromatic rings. The third kappa shape index (κ3) is 3.57. The highest BCUT2D eigenvalue weighted by molar-refractivity contribution is 5.76. The molecule has 19 heavy (non-hydrogen) atoms. The topological polar surface area (TPSA) is 88.1 Å². The standard InChI is InChI=1S/C12H20N2O5/c1-18-10-4-8(5-10)13-12(17)14-2-3-19-7-9(14)6-11(15)16/h8-10H,2-7H2,1H3,(H,13,17)(H,15,16). The molecule has 2 amide bonds. The van der Waals surface area contributed by atoms with E-state index >= 15 is 0 Å². The molecule has 1 saturated carbocycles. The van der Waals surface area contributed by atoms with Gasteiger partial charge in [-0.05, 0) is 12.8 Å². The molecule has 1 saturated heterocycles. The lowest BCUT2D eigenvalue weighted by Crippen LogP contribution is -2.57. The number of hydrogen-bond donors (Lipinski definition) is 2. The van der Waals surface area contributed by atoms with Crippen LogP contribution in [0.25, 0.3) is 0 Å². The first-order chi connectivity index (χ1) is 9.10. The molecule has 7 nitrogen and oxygen atoms in total. The second kappa shape index (κ2) is 6.21. The lowest BCUT2D eigenvalue weighted by molar-refractivity contribution is -0.139. The van der Waals surface area contributed by atoms with Crippen LogP contribution in [0.15, 0.2) is 0 Å². The number of carbonyl (C=O) groups excluding carboxylic acids is 1. The van der Waals surface area contributed by atoms with Crippen LogP contribution in [-0.4, -0.2) is 67.1 Å². The van der Waals surface area contributed by atoms with Crippen molar-refractivity contribution in [3.05, 3.63) is 0 Å². The predicted octanol–water partition coefficient (Wildman–Crippen LogP) is 0.0489. The molecular weight excluding hydrogens is 252 g/mol. The molecule has 0 bridgehead atoms. The molecule has 1 unspecified atom stereocenters. The van der Waals surface area contributed by atoms with Gasteiger partial charge in [-0.15, -0.1) is 0 Å². The molecule has 1 aliphatic heterocycles. The Balaban J connectivity index is 1.83. The maximum Gasteiger partial charge on any atom is 0.318 e. The van der Waals surface area contributed by atoms with E-state index in [9.17, 15) is 9.59 Å². The van der Waals surface area contributed by atoms with Crippen LogP contribution in [0, 0.1) is 0 Å². The summed E-state index contributed by atoms with van der Waals surface area (Å²) in [5, 5.41) is 11.8. The fraction of sp³-hybridized carbons (Fsp3) is 0.833. The van der Waals surface area contributed by atoms with Gasteiger partial charge in [-0.25, -0.2) is 4.79 Å². The maximum absolute atomic E-state index is 12.1. The molecule has 0 spiro atoms. The summed E-state index contributed by atoms with van der Waals surface area (Å²) in [6.45, 7) is 1.17. The van der Waals surface area contributed by atoms with Gasteiger partial charge in [0, 0.05) is 19.7 Å². The Labute approximate surface area is 111 Å². The van der Waals surface area contributed by atoms with Crippen molar-refractivity contribution in [2.75, 3.05) is 26.9 Å². The van der Waals surface area contributed by atoms with Gasteiger partial charge in [0.25, 0.3) is 0 Å². The quantitative estimate of drug-likeness (QED) is 0.755. The van der Waals surface area contributed by atoms with E-state index in [0.29, 0.717) is 13.2 Å². The summed E-state index contributed by atoms with van der Waals surface area (Å²) in [5.74, 6) is -0.920. The second-order valence-corrected chi connectivity index (χ2v) is 5.00. The number of ether oxygens (including phenoxy) is 2. The average Bonchev–Trinajstić information content (AvgIpc) is 2.32. The van der Waals surface area contributed by atoms with Crippen molar-refractivity contribution in [2.45, 2.75) is 37.5 Å². The van der Waals surface area contributed by atoms with Crippen LogP contribution in [0.4, 0.5) is 4.79 Å². The van der Waals surface area contributed by atoms with Crippen molar-refractivity contribution in [3.8, 4) is 0 Å². The number of carboxylic acids is 1. The Hall–Kier alpha value is -1.34. The highest BCUT2D eigenvalue weighted by atomic mass is 16.5. The first-order valence-electron chi connectivity index (χ1n) is 6.49. The van der Waals surface area contributed by atoms with Gasteiger partial charge in [-0.3, -0.25) is 4.79 Å².